The van der Waals surface area contributed by atoms with Gasteiger partial charge < -0.3 is 15.0 Å². The Morgan fingerprint density at radius 1 is 1.50 bits per heavy atom. The zero-order valence-corrected chi connectivity index (χ0v) is 12.8. The van der Waals surface area contributed by atoms with E-state index in [1.165, 1.54) is 29.4 Å². The van der Waals surface area contributed by atoms with Gasteiger partial charge in [-0.3, -0.25) is 9.59 Å². The van der Waals surface area contributed by atoms with E-state index in [9.17, 15) is 14.0 Å². The number of ether oxygens (including phenoxy) is 1. The SMILES string of the molecule is COCc1c(C(=O)N2CCNC(=O)C2)sc2cccc(F)c12. The molecule has 1 aliphatic heterocycles. The number of piperazine rings is 1. The Bertz CT molecular complexity index is 744. The van der Waals surface area contributed by atoms with Crippen LogP contribution in [0, 0.1) is 5.82 Å². The van der Waals surface area contributed by atoms with E-state index >= 15 is 0 Å². The zero-order chi connectivity index (χ0) is 15.7. The van der Waals surface area contributed by atoms with Gasteiger partial charge in [0.15, 0.2) is 0 Å². The van der Waals surface area contributed by atoms with Gasteiger partial charge in [-0.15, -0.1) is 11.3 Å². The van der Waals surface area contributed by atoms with E-state index in [4.69, 9.17) is 4.74 Å². The number of carbonyl (C=O) groups excluding carboxylic acids is 2. The number of carbonyl (C=O) groups is 2. The topological polar surface area (TPSA) is 58.6 Å². The molecule has 1 aromatic carbocycles. The molecule has 22 heavy (non-hydrogen) atoms. The minimum absolute atomic E-state index is 0.0297. The van der Waals surface area contributed by atoms with Gasteiger partial charge in [-0.25, -0.2) is 4.39 Å². The molecular weight excluding hydrogens is 307 g/mol. The smallest absolute Gasteiger partial charge is 0.264 e. The fourth-order valence-corrected chi connectivity index (χ4v) is 3.77. The normalized spacial score (nSPS) is 15.2. The van der Waals surface area contributed by atoms with E-state index in [0.717, 1.165) is 0 Å². The van der Waals surface area contributed by atoms with E-state index < -0.39 is 0 Å². The molecule has 2 heterocycles. The molecule has 0 unspecified atom stereocenters. The van der Waals surface area contributed by atoms with Crippen molar-refractivity contribution in [2.45, 2.75) is 6.61 Å². The number of amides is 2. The molecule has 0 radical (unpaired) electrons. The Labute approximate surface area is 130 Å². The summed E-state index contributed by atoms with van der Waals surface area (Å²) in [4.78, 5) is 26.1. The van der Waals surface area contributed by atoms with Crippen molar-refractivity contribution >= 4 is 33.2 Å². The predicted octanol–water partition coefficient (Wildman–Crippen LogP) is 1.76. The number of halogens is 1. The third-order valence-electron chi connectivity index (χ3n) is 3.57. The molecule has 116 valence electrons. The number of nitrogens with one attached hydrogen (secondary N) is 1. The minimum Gasteiger partial charge on any atom is -0.380 e. The third kappa shape index (κ3) is 2.57. The van der Waals surface area contributed by atoms with Crippen molar-refractivity contribution in [2.75, 3.05) is 26.7 Å². The minimum atomic E-state index is -0.365. The fourth-order valence-electron chi connectivity index (χ4n) is 2.58. The molecule has 7 heteroatoms. The zero-order valence-electron chi connectivity index (χ0n) is 12.0. The molecular formula is C15H15FN2O3S. The number of nitrogens with zero attached hydrogens (tertiary/aromatic N) is 1. The molecule has 0 bridgehead atoms. The second kappa shape index (κ2) is 6.02. The highest BCUT2D eigenvalue weighted by Crippen LogP contribution is 2.34. The summed E-state index contributed by atoms with van der Waals surface area (Å²) in [6.07, 6.45) is 0. The predicted molar refractivity (Wildman–Crippen MR) is 81.4 cm³/mol. The second-order valence-electron chi connectivity index (χ2n) is 5.03. The first-order valence-electron chi connectivity index (χ1n) is 6.86. The summed E-state index contributed by atoms with van der Waals surface area (Å²) in [6, 6.07) is 4.77. The molecule has 0 spiro atoms. The first-order valence-corrected chi connectivity index (χ1v) is 7.68. The summed E-state index contributed by atoms with van der Waals surface area (Å²) < 4.78 is 20.0. The lowest BCUT2D eigenvalue weighted by Crippen LogP contribution is -2.49. The molecule has 1 aromatic heterocycles. The van der Waals surface area contributed by atoms with Gasteiger partial charge in [0.05, 0.1) is 18.0 Å². The van der Waals surface area contributed by atoms with Crippen LogP contribution >= 0.6 is 11.3 Å². The molecule has 2 amide bonds. The number of methoxy groups -OCH3 is 1. The van der Waals surface area contributed by atoms with Crippen LogP contribution in [0.1, 0.15) is 15.2 Å². The van der Waals surface area contributed by atoms with E-state index in [1.54, 1.807) is 12.1 Å². The molecule has 5 nitrogen and oxygen atoms in total. The Morgan fingerprint density at radius 3 is 3.05 bits per heavy atom. The molecule has 1 aliphatic rings. The summed E-state index contributed by atoms with van der Waals surface area (Å²) in [5.74, 6) is -0.793. The fraction of sp³-hybridized carbons (Fsp3) is 0.333. The lowest BCUT2D eigenvalue weighted by atomic mass is 10.1. The van der Waals surface area contributed by atoms with Gasteiger partial charge in [0.1, 0.15) is 5.82 Å². The Kier molecular flexibility index (Phi) is 4.08. The number of hydrogen-bond acceptors (Lipinski definition) is 4. The summed E-state index contributed by atoms with van der Waals surface area (Å²) in [7, 11) is 1.51. The Morgan fingerprint density at radius 2 is 2.32 bits per heavy atom. The maximum Gasteiger partial charge on any atom is 0.264 e. The van der Waals surface area contributed by atoms with Crippen LogP contribution in [0.4, 0.5) is 4.39 Å². The second-order valence-corrected chi connectivity index (χ2v) is 6.08. The van der Waals surface area contributed by atoms with E-state index in [1.807, 2.05) is 0 Å². The van der Waals surface area contributed by atoms with Crippen LogP contribution < -0.4 is 5.32 Å². The number of thiophene rings is 1. The van der Waals surface area contributed by atoms with E-state index in [0.29, 0.717) is 33.6 Å². The van der Waals surface area contributed by atoms with Gasteiger partial charge in [-0.1, -0.05) is 6.07 Å². The quantitative estimate of drug-likeness (QED) is 0.937. The Balaban J connectivity index is 2.05. The van der Waals surface area contributed by atoms with Crippen molar-refractivity contribution in [2.24, 2.45) is 0 Å². The highest BCUT2D eigenvalue weighted by atomic mass is 32.1. The van der Waals surface area contributed by atoms with Gasteiger partial charge in [-0.05, 0) is 12.1 Å². The van der Waals surface area contributed by atoms with Crippen molar-refractivity contribution < 1.29 is 18.7 Å². The van der Waals surface area contributed by atoms with E-state index in [-0.39, 0.29) is 30.8 Å². The van der Waals surface area contributed by atoms with Gasteiger partial charge in [-0.2, -0.15) is 0 Å². The highest BCUT2D eigenvalue weighted by Gasteiger charge is 2.27. The third-order valence-corrected chi connectivity index (χ3v) is 4.76. The average Bonchev–Trinajstić information content (AvgIpc) is 2.87. The highest BCUT2D eigenvalue weighted by molar-refractivity contribution is 7.21. The summed E-state index contributed by atoms with van der Waals surface area (Å²) >= 11 is 1.24. The molecule has 3 rings (SSSR count). The molecule has 0 aliphatic carbocycles. The molecule has 0 saturated carbocycles. The summed E-state index contributed by atoms with van der Waals surface area (Å²) in [5, 5.41) is 3.11. The van der Waals surface area contributed by atoms with Crippen LogP contribution in [0.15, 0.2) is 18.2 Å². The first-order chi connectivity index (χ1) is 10.6. The first kappa shape index (κ1) is 14.9. The summed E-state index contributed by atoms with van der Waals surface area (Å²) in [5.41, 5.74) is 0.552. The number of rotatable bonds is 3. The van der Waals surface area contributed by atoms with Crippen LogP contribution in [0.25, 0.3) is 10.1 Å². The van der Waals surface area contributed by atoms with E-state index in [2.05, 4.69) is 5.32 Å². The van der Waals surface area contributed by atoms with Crippen molar-refractivity contribution in [1.82, 2.24) is 10.2 Å². The van der Waals surface area contributed by atoms with Crippen molar-refractivity contribution in [3.05, 3.63) is 34.5 Å². The Hall–Kier alpha value is -1.99. The number of benzene rings is 1. The lowest BCUT2D eigenvalue weighted by molar-refractivity contribution is -0.123. The molecule has 1 fully saturated rings. The summed E-state index contributed by atoms with van der Waals surface area (Å²) in [6.45, 7) is 1.07. The van der Waals surface area contributed by atoms with Crippen LogP contribution in [-0.4, -0.2) is 43.5 Å². The maximum absolute atomic E-state index is 14.1. The van der Waals surface area contributed by atoms with Gasteiger partial charge in [0.2, 0.25) is 5.91 Å². The number of hydrogen-bond donors (Lipinski definition) is 1. The molecule has 1 saturated heterocycles. The standard InChI is InChI=1S/C15H15FN2O3S/c1-21-8-9-13-10(16)3-2-4-11(13)22-14(9)15(20)18-6-5-17-12(19)7-18/h2-4H,5-8H2,1H3,(H,17,19). The van der Waals surface area contributed by atoms with Crippen molar-refractivity contribution in [1.29, 1.82) is 0 Å². The van der Waals surface area contributed by atoms with Crippen molar-refractivity contribution in [3.8, 4) is 0 Å². The van der Waals surface area contributed by atoms with Crippen LogP contribution in [-0.2, 0) is 16.1 Å². The van der Waals surface area contributed by atoms with Crippen molar-refractivity contribution in [3.63, 3.8) is 0 Å². The van der Waals surface area contributed by atoms with Gasteiger partial charge in [0.25, 0.3) is 5.91 Å². The van der Waals surface area contributed by atoms with Gasteiger partial charge >= 0.3 is 0 Å². The lowest BCUT2D eigenvalue weighted by Gasteiger charge is -2.26. The van der Waals surface area contributed by atoms with Crippen LogP contribution in [0.2, 0.25) is 0 Å². The number of fused-ring (bicyclic) bond motifs is 1. The average molecular weight is 322 g/mol. The monoisotopic (exact) mass is 322 g/mol. The largest absolute Gasteiger partial charge is 0.380 e. The van der Waals surface area contributed by atoms with Crippen LogP contribution in [0.3, 0.4) is 0 Å². The molecule has 0 atom stereocenters. The van der Waals surface area contributed by atoms with Gasteiger partial charge in [0, 0.05) is 35.8 Å². The molecule has 1 N–H and O–H groups in total. The maximum atomic E-state index is 14.1. The van der Waals surface area contributed by atoms with Crippen LogP contribution in [0.5, 0.6) is 0 Å². The molecule has 2 aromatic rings.